The summed E-state index contributed by atoms with van der Waals surface area (Å²) in [6.45, 7) is 2.21. The van der Waals surface area contributed by atoms with Crippen LogP contribution in [-0.2, 0) is 4.79 Å². The smallest absolute Gasteiger partial charge is 0.343 e. The Bertz CT molecular complexity index is 402. The molecular weight excluding hydrogens is 236 g/mol. The van der Waals surface area contributed by atoms with Crippen molar-refractivity contribution in [1.29, 1.82) is 0 Å². The van der Waals surface area contributed by atoms with Gasteiger partial charge in [-0.25, -0.2) is 0 Å². The maximum Gasteiger partial charge on any atom is 0.343 e. The first-order chi connectivity index (χ1) is 8.56. The van der Waals surface area contributed by atoms with Crippen LogP contribution in [0.15, 0.2) is 36.4 Å². The average molecular weight is 253 g/mol. The van der Waals surface area contributed by atoms with Crippen LogP contribution in [0, 0.1) is 0 Å². The van der Waals surface area contributed by atoms with Crippen LogP contribution in [0.4, 0.5) is 8.78 Å². The summed E-state index contributed by atoms with van der Waals surface area (Å²) in [4.78, 5) is 11.2. The number of rotatable bonds is 6. The van der Waals surface area contributed by atoms with E-state index < -0.39 is 11.8 Å². The van der Waals surface area contributed by atoms with Crippen molar-refractivity contribution in [3.05, 3.63) is 42.0 Å². The number of hydrogen-bond acceptors (Lipinski definition) is 1. The zero-order valence-electron chi connectivity index (χ0n) is 10.3. The van der Waals surface area contributed by atoms with Crippen molar-refractivity contribution in [1.82, 2.24) is 5.32 Å². The second-order valence-electron chi connectivity index (χ2n) is 3.98. The molecule has 0 radical (unpaired) electrons. The summed E-state index contributed by atoms with van der Waals surface area (Å²) in [5, 5.41) is 2.22. The number of nitrogens with one attached hydrogen (secondary N) is 1. The van der Waals surface area contributed by atoms with E-state index in [0.717, 1.165) is 6.42 Å². The van der Waals surface area contributed by atoms with Crippen molar-refractivity contribution in [2.75, 3.05) is 6.54 Å². The molecule has 0 fully saturated rings. The molecule has 1 aromatic carbocycles. The molecule has 0 aliphatic rings. The van der Waals surface area contributed by atoms with E-state index >= 15 is 0 Å². The Morgan fingerprint density at radius 3 is 2.61 bits per heavy atom. The number of carbonyl (C=O) groups is 1. The number of carbonyl (C=O) groups excluding carboxylic acids is 1. The van der Waals surface area contributed by atoms with E-state index in [0.29, 0.717) is 18.1 Å². The van der Waals surface area contributed by atoms with Crippen molar-refractivity contribution >= 4 is 12.0 Å². The number of amides is 1. The second kappa shape index (κ2) is 6.89. The monoisotopic (exact) mass is 253 g/mol. The predicted molar refractivity (Wildman–Crippen MR) is 68.3 cm³/mol. The van der Waals surface area contributed by atoms with Crippen LogP contribution >= 0.6 is 0 Å². The lowest BCUT2D eigenvalue weighted by atomic mass is 10.2. The summed E-state index contributed by atoms with van der Waals surface area (Å²) in [5.74, 6) is -4.72. The molecule has 1 N–H and O–H groups in total. The third-order valence-corrected chi connectivity index (χ3v) is 2.40. The molecule has 4 heteroatoms. The molecule has 0 saturated carbocycles. The van der Waals surface area contributed by atoms with Gasteiger partial charge in [0.05, 0.1) is 0 Å². The van der Waals surface area contributed by atoms with Crippen LogP contribution in [0.3, 0.4) is 0 Å². The lowest BCUT2D eigenvalue weighted by Gasteiger charge is -2.11. The molecule has 2 nitrogen and oxygen atoms in total. The minimum atomic E-state index is -3.47. The Labute approximate surface area is 106 Å². The number of hydrogen-bond donors (Lipinski definition) is 1. The van der Waals surface area contributed by atoms with Crippen molar-refractivity contribution in [2.24, 2.45) is 0 Å². The highest BCUT2D eigenvalue weighted by Crippen LogP contribution is 2.17. The normalized spacial score (nSPS) is 11.7. The van der Waals surface area contributed by atoms with Gasteiger partial charge in [0.25, 0.3) is 5.91 Å². The largest absolute Gasteiger partial charge is 0.351 e. The predicted octanol–water partition coefficient (Wildman–Crippen LogP) is 3.25. The van der Waals surface area contributed by atoms with E-state index in [1.165, 1.54) is 6.08 Å². The molecule has 18 heavy (non-hydrogen) atoms. The highest BCUT2D eigenvalue weighted by Gasteiger charge is 2.34. The summed E-state index contributed by atoms with van der Waals surface area (Å²) in [5.41, 5.74) is 0.638. The Kier molecular flexibility index (Phi) is 5.49. The van der Waals surface area contributed by atoms with Gasteiger partial charge in [-0.2, -0.15) is 8.78 Å². The lowest BCUT2D eigenvalue weighted by molar-refractivity contribution is -0.139. The zero-order valence-corrected chi connectivity index (χ0v) is 10.3. The highest BCUT2D eigenvalue weighted by atomic mass is 19.3. The SMILES string of the molecule is CCCCNC(=O)C(F)(F)/C=C/c1ccccc1. The third-order valence-electron chi connectivity index (χ3n) is 2.40. The molecule has 0 atom stereocenters. The van der Waals surface area contributed by atoms with Crippen LogP contribution in [0.5, 0.6) is 0 Å². The van der Waals surface area contributed by atoms with Crippen LogP contribution in [0.25, 0.3) is 6.08 Å². The average Bonchev–Trinajstić information content (AvgIpc) is 2.38. The summed E-state index contributed by atoms with van der Waals surface area (Å²) in [6, 6.07) is 8.69. The summed E-state index contributed by atoms with van der Waals surface area (Å²) >= 11 is 0. The Balaban J connectivity index is 2.58. The molecule has 1 amide bonds. The lowest BCUT2D eigenvalue weighted by Crippen LogP contribution is -2.39. The first-order valence-corrected chi connectivity index (χ1v) is 5.96. The Hall–Kier alpha value is -1.71. The van der Waals surface area contributed by atoms with E-state index in [1.54, 1.807) is 30.3 Å². The van der Waals surface area contributed by atoms with E-state index in [1.807, 2.05) is 6.92 Å². The van der Waals surface area contributed by atoms with Gasteiger partial charge < -0.3 is 5.32 Å². The first-order valence-electron chi connectivity index (χ1n) is 5.96. The maximum atomic E-state index is 13.4. The van der Waals surface area contributed by atoms with Gasteiger partial charge in [-0.1, -0.05) is 49.8 Å². The Morgan fingerprint density at radius 2 is 2.00 bits per heavy atom. The number of alkyl halides is 2. The molecule has 0 aliphatic carbocycles. The van der Waals surface area contributed by atoms with E-state index in [4.69, 9.17) is 0 Å². The van der Waals surface area contributed by atoms with Gasteiger partial charge in [0.15, 0.2) is 0 Å². The van der Waals surface area contributed by atoms with Gasteiger partial charge in [-0.15, -0.1) is 0 Å². The first kappa shape index (κ1) is 14.4. The fraction of sp³-hybridized carbons (Fsp3) is 0.357. The van der Waals surface area contributed by atoms with E-state index in [9.17, 15) is 13.6 Å². The fourth-order valence-corrected chi connectivity index (χ4v) is 1.34. The van der Waals surface area contributed by atoms with Gasteiger partial charge in [0, 0.05) is 6.54 Å². The van der Waals surface area contributed by atoms with Crippen molar-refractivity contribution in [3.63, 3.8) is 0 Å². The molecule has 98 valence electrons. The summed E-state index contributed by atoms with van der Waals surface area (Å²) < 4.78 is 26.9. The van der Waals surface area contributed by atoms with Crippen LogP contribution in [-0.4, -0.2) is 18.4 Å². The van der Waals surface area contributed by atoms with Gasteiger partial charge in [-0.05, 0) is 18.1 Å². The molecule has 0 unspecified atom stereocenters. The fourth-order valence-electron chi connectivity index (χ4n) is 1.34. The minimum Gasteiger partial charge on any atom is -0.351 e. The molecule has 1 aromatic rings. The van der Waals surface area contributed by atoms with Gasteiger partial charge in [0.1, 0.15) is 0 Å². The molecule has 0 heterocycles. The molecule has 0 saturated heterocycles. The Morgan fingerprint density at radius 1 is 1.33 bits per heavy atom. The van der Waals surface area contributed by atoms with Gasteiger partial charge >= 0.3 is 5.92 Å². The highest BCUT2D eigenvalue weighted by molar-refractivity contribution is 5.86. The number of halogens is 2. The third kappa shape index (κ3) is 4.65. The molecule has 1 rings (SSSR count). The van der Waals surface area contributed by atoms with Crippen LogP contribution in [0.1, 0.15) is 25.3 Å². The summed E-state index contributed by atoms with van der Waals surface area (Å²) in [7, 11) is 0. The van der Waals surface area contributed by atoms with Crippen molar-refractivity contribution < 1.29 is 13.6 Å². The minimum absolute atomic E-state index is 0.282. The van der Waals surface area contributed by atoms with Crippen LogP contribution < -0.4 is 5.32 Å². The zero-order chi connectivity index (χ0) is 13.4. The molecule has 0 aromatic heterocycles. The molecular formula is C14H17F2NO. The molecule has 0 aliphatic heterocycles. The second-order valence-corrected chi connectivity index (χ2v) is 3.98. The standard InChI is InChI=1S/C14H17F2NO/c1-2-3-11-17-13(18)14(15,16)10-9-12-7-5-4-6-8-12/h4-10H,2-3,11H2,1H3,(H,17,18)/b10-9+. The van der Waals surface area contributed by atoms with Crippen molar-refractivity contribution in [2.45, 2.75) is 25.7 Å². The summed E-state index contributed by atoms with van der Waals surface area (Å²) in [6.07, 6.45) is 3.43. The number of benzene rings is 1. The number of unbranched alkanes of at least 4 members (excludes halogenated alkanes) is 1. The van der Waals surface area contributed by atoms with Gasteiger partial charge in [-0.3, -0.25) is 4.79 Å². The maximum absolute atomic E-state index is 13.4. The quantitative estimate of drug-likeness (QED) is 0.775. The molecule has 0 spiro atoms. The van der Waals surface area contributed by atoms with E-state index in [-0.39, 0.29) is 6.54 Å². The van der Waals surface area contributed by atoms with Crippen LogP contribution in [0.2, 0.25) is 0 Å². The van der Waals surface area contributed by atoms with Gasteiger partial charge in [0.2, 0.25) is 0 Å². The van der Waals surface area contributed by atoms with E-state index in [2.05, 4.69) is 5.32 Å². The molecule has 0 bridgehead atoms. The topological polar surface area (TPSA) is 29.1 Å². The van der Waals surface area contributed by atoms with Crippen molar-refractivity contribution in [3.8, 4) is 0 Å².